The highest BCUT2D eigenvalue weighted by Gasteiger charge is 2.22. The number of thiophene rings is 1. The van der Waals surface area contributed by atoms with E-state index >= 15 is 0 Å². The molecule has 4 aromatic heterocycles. The van der Waals surface area contributed by atoms with E-state index in [1.807, 2.05) is 50.2 Å². The molecule has 5 heterocycles. The van der Waals surface area contributed by atoms with Gasteiger partial charge in [-0.15, -0.1) is 11.3 Å². The second-order valence-electron chi connectivity index (χ2n) is 8.90. The zero-order chi connectivity index (χ0) is 25.4. The number of aryl methyl sites for hydroxylation is 1. The molecule has 37 heavy (non-hydrogen) atoms. The Bertz CT molecular complexity index is 1550. The van der Waals surface area contributed by atoms with Gasteiger partial charge in [-0.1, -0.05) is 30.3 Å². The number of hydrogen-bond donors (Lipinski definition) is 2. The summed E-state index contributed by atoms with van der Waals surface area (Å²) in [6.45, 7) is 7.98. The number of ether oxygens (including phenoxy) is 1. The molecule has 1 unspecified atom stereocenters. The highest BCUT2D eigenvalue weighted by molar-refractivity contribution is 7.25. The Balaban J connectivity index is 1.40. The number of pyridine rings is 1. The van der Waals surface area contributed by atoms with Crippen LogP contribution in [0.25, 0.3) is 31.8 Å². The van der Waals surface area contributed by atoms with Crippen molar-refractivity contribution in [3.8, 4) is 17.3 Å². The fourth-order valence-electron chi connectivity index (χ4n) is 4.58. The van der Waals surface area contributed by atoms with Gasteiger partial charge in [0.05, 0.1) is 17.7 Å². The zero-order valence-corrected chi connectivity index (χ0v) is 21.5. The van der Waals surface area contributed by atoms with Crippen molar-refractivity contribution in [1.29, 1.82) is 0 Å². The molecule has 10 heteroatoms. The second-order valence-corrected chi connectivity index (χ2v) is 9.90. The molecule has 5 aromatic rings. The number of aliphatic hydroxyl groups is 1. The van der Waals surface area contributed by atoms with E-state index in [-0.39, 0.29) is 0 Å². The van der Waals surface area contributed by atoms with E-state index in [0.29, 0.717) is 24.3 Å². The topological polar surface area (TPSA) is 109 Å². The molecule has 188 valence electrons. The summed E-state index contributed by atoms with van der Waals surface area (Å²) in [4.78, 5) is 26.6. The lowest BCUT2D eigenvalue weighted by Gasteiger charge is -2.27. The average molecular weight is 514 g/mol. The Morgan fingerprint density at radius 1 is 1.05 bits per heavy atom. The summed E-state index contributed by atoms with van der Waals surface area (Å²) in [5.74, 6) is 1.91. The number of piperazine rings is 1. The summed E-state index contributed by atoms with van der Waals surface area (Å²) in [5.41, 5.74) is 4.11. The van der Waals surface area contributed by atoms with Gasteiger partial charge in [0.1, 0.15) is 21.2 Å². The van der Waals surface area contributed by atoms with Gasteiger partial charge in [-0.3, -0.25) is 4.98 Å². The number of hydrogen-bond acceptors (Lipinski definition) is 10. The Morgan fingerprint density at radius 3 is 2.59 bits per heavy atom. The van der Waals surface area contributed by atoms with E-state index in [1.165, 1.54) is 11.3 Å². The van der Waals surface area contributed by atoms with E-state index < -0.39 is 6.10 Å². The molecule has 1 saturated heterocycles. The van der Waals surface area contributed by atoms with E-state index in [0.717, 1.165) is 69.0 Å². The van der Waals surface area contributed by atoms with Crippen LogP contribution in [-0.2, 0) is 0 Å². The molecule has 6 rings (SSSR count). The van der Waals surface area contributed by atoms with E-state index in [9.17, 15) is 5.11 Å². The van der Waals surface area contributed by atoms with Crippen molar-refractivity contribution >= 4 is 37.7 Å². The second kappa shape index (κ2) is 9.97. The maximum Gasteiger partial charge on any atom is 0.236 e. The van der Waals surface area contributed by atoms with Crippen molar-refractivity contribution in [3.63, 3.8) is 0 Å². The minimum Gasteiger partial charge on any atom is -0.477 e. The fraction of sp³-hybridized carbons (Fsp3) is 0.296. The van der Waals surface area contributed by atoms with Crippen LogP contribution in [0.3, 0.4) is 0 Å². The minimum atomic E-state index is -0.740. The summed E-state index contributed by atoms with van der Waals surface area (Å²) in [6, 6.07) is 11.4. The van der Waals surface area contributed by atoms with Crippen molar-refractivity contribution in [2.75, 3.05) is 37.7 Å². The molecular formula is C27H27N7O2S. The lowest BCUT2D eigenvalue weighted by molar-refractivity contribution is 0.220. The van der Waals surface area contributed by atoms with Crippen LogP contribution < -0.4 is 15.0 Å². The molecule has 1 aliphatic heterocycles. The SMILES string of the molecule is CCOc1nc(N2CCNCC2)nc2c1sc1nc(-c3ccc(C(O)c4cccnc4)cc3)nc(C)c12. The normalized spacial score (nSPS) is 14.8. The molecule has 2 N–H and O–H groups in total. The first-order valence-corrected chi connectivity index (χ1v) is 13.2. The molecule has 0 amide bonds. The molecule has 1 aromatic carbocycles. The van der Waals surface area contributed by atoms with Gasteiger partial charge in [0.25, 0.3) is 0 Å². The maximum absolute atomic E-state index is 10.7. The smallest absolute Gasteiger partial charge is 0.236 e. The van der Waals surface area contributed by atoms with Gasteiger partial charge < -0.3 is 20.1 Å². The third-order valence-corrected chi connectivity index (χ3v) is 7.54. The highest BCUT2D eigenvalue weighted by atomic mass is 32.1. The van der Waals surface area contributed by atoms with Gasteiger partial charge >= 0.3 is 0 Å². The first-order chi connectivity index (χ1) is 18.1. The highest BCUT2D eigenvalue weighted by Crippen LogP contribution is 2.39. The van der Waals surface area contributed by atoms with Gasteiger partial charge in [-0.05, 0) is 25.5 Å². The maximum atomic E-state index is 10.7. The molecule has 0 radical (unpaired) electrons. The van der Waals surface area contributed by atoms with Crippen LogP contribution >= 0.6 is 11.3 Å². The number of aliphatic hydroxyl groups excluding tert-OH is 1. The van der Waals surface area contributed by atoms with Crippen LogP contribution in [-0.4, -0.2) is 62.8 Å². The number of nitrogens with zero attached hydrogens (tertiary/aromatic N) is 6. The number of anilines is 1. The molecule has 0 saturated carbocycles. The lowest BCUT2D eigenvalue weighted by Crippen LogP contribution is -2.44. The number of fused-ring (bicyclic) bond motifs is 3. The standard InChI is InChI=1S/C27H27N7O2S/c1-3-36-25-23-21(31-27(33-25)34-13-11-28-12-14-34)20-16(2)30-24(32-26(20)37-23)18-8-6-17(7-9-18)22(35)19-5-4-10-29-15-19/h4-10,15,22,28,35H,3,11-14H2,1-2H3. The van der Waals surface area contributed by atoms with Crippen molar-refractivity contribution in [2.24, 2.45) is 0 Å². The first kappa shape index (κ1) is 23.7. The Labute approximate surface area is 218 Å². The van der Waals surface area contributed by atoms with Crippen LogP contribution in [0.2, 0.25) is 0 Å². The Morgan fingerprint density at radius 2 is 1.86 bits per heavy atom. The first-order valence-electron chi connectivity index (χ1n) is 12.4. The third-order valence-electron chi connectivity index (χ3n) is 6.48. The predicted molar refractivity (Wildman–Crippen MR) is 145 cm³/mol. The monoisotopic (exact) mass is 513 g/mol. The molecule has 1 fully saturated rings. The van der Waals surface area contributed by atoms with Gasteiger partial charge in [0.2, 0.25) is 11.8 Å². The van der Waals surface area contributed by atoms with Gasteiger partial charge in [-0.25, -0.2) is 15.0 Å². The van der Waals surface area contributed by atoms with Crippen LogP contribution in [0.15, 0.2) is 48.8 Å². The fourth-order valence-corrected chi connectivity index (χ4v) is 5.69. The van der Waals surface area contributed by atoms with Gasteiger partial charge in [0.15, 0.2) is 5.82 Å². The van der Waals surface area contributed by atoms with E-state index in [1.54, 1.807) is 12.4 Å². The van der Waals surface area contributed by atoms with E-state index in [4.69, 9.17) is 24.7 Å². The molecule has 0 bridgehead atoms. The van der Waals surface area contributed by atoms with Crippen molar-refractivity contribution < 1.29 is 9.84 Å². The minimum absolute atomic E-state index is 0.522. The summed E-state index contributed by atoms with van der Waals surface area (Å²) >= 11 is 1.53. The van der Waals surface area contributed by atoms with E-state index in [2.05, 4.69) is 15.2 Å². The molecule has 0 aliphatic carbocycles. The molecule has 1 atom stereocenters. The summed E-state index contributed by atoms with van der Waals surface area (Å²) < 4.78 is 6.84. The summed E-state index contributed by atoms with van der Waals surface area (Å²) in [5, 5.41) is 15.0. The van der Waals surface area contributed by atoms with Crippen LogP contribution in [0.5, 0.6) is 5.88 Å². The van der Waals surface area contributed by atoms with Gasteiger partial charge in [-0.2, -0.15) is 4.98 Å². The Kier molecular flexibility index (Phi) is 6.37. The van der Waals surface area contributed by atoms with Crippen molar-refractivity contribution in [3.05, 3.63) is 65.6 Å². The number of benzene rings is 1. The largest absolute Gasteiger partial charge is 0.477 e. The third kappa shape index (κ3) is 4.48. The summed E-state index contributed by atoms with van der Waals surface area (Å²) in [7, 11) is 0. The molecular weight excluding hydrogens is 486 g/mol. The zero-order valence-electron chi connectivity index (χ0n) is 20.7. The Hall–Kier alpha value is -3.73. The molecule has 1 aliphatic rings. The number of aromatic nitrogens is 5. The quantitative estimate of drug-likeness (QED) is 0.349. The molecule has 0 spiro atoms. The van der Waals surface area contributed by atoms with Crippen LogP contribution in [0.4, 0.5) is 5.95 Å². The summed E-state index contributed by atoms with van der Waals surface area (Å²) in [6.07, 6.45) is 2.63. The molecule has 9 nitrogen and oxygen atoms in total. The number of rotatable bonds is 6. The lowest BCUT2D eigenvalue weighted by atomic mass is 10.0. The van der Waals surface area contributed by atoms with Gasteiger partial charge in [0, 0.05) is 49.7 Å². The van der Waals surface area contributed by atoms with Crippen LogP contribution in [0, 0.1) is 6.92 Å². The number of nitrogens with one attached hydrogen (secondary N) is 1. The van der Waals surface area contributed by atoms with Crippen molar-refractivity contribution in [2.45, 2.75) is 20.0 Å². The average Bonchev–Trinajstić information content (AvgIpc) is 3.33. The predicted octanol–water partition coefficient (Wildman–Crippen LogP) is 3.89. The van der Waals surface area contributed by atoms with Crippen LogP contribution in [0.1, 0.15) is 29.8 Å². The van der Waals surface area contributed by atoms with Crippen molar-refractivity contribution in [1.82, 2.24) is 30.2 Å².